The van der Waals surface area contributed by atoms with Crippen molar-refractivity contribution >= 4 is 22.3 Å². The van der Waals surface area contributed by atoms with Gasteiger partial charge in [-0.2, -0.15) is 4.98 Å². The summed E-state index contributed by atoms with van der Waals surface area (Å²) in [4.78, 5) is 21.0. The van der Waals surface area contributed by atoms with Crippen LogP contribution in [0.4, 0.5) is 10.9 Å². The molecule has 158 valence electrons. The average Bonchev–Trinajstić information content (AvgIpc) is 3.23. The van der Waals surface area contributed by atoms with Gasteiger partial charge in [-0.25, -0.2) is 15.0 Å². The van der Waals surface area contributed by atoms with Crippen molar-refractivity contribution in [1.29, 1.82) is 0 Å². The van der Waals surface area contributed by atoms with Gasteiger partial charge in [-0.15, -0.1) is 0 Å². The van der Waals surface area contributed by atoms with Crippen molar-refractivity contribution in [3.8, 4) is 16.6 Å². The lowest BCUT2D eigenvalue weighted by Crippen LogP contribution is -2.20. The minimum Gasteiger partial charge on any atom is -0.460 e. The molecule has 1 fully saturated rings. The molecule has 0 unspecified atom stereocenters. The van der Waals surface area contributed by atoms with E-state index in [4.69, 9.17) is 4.74 Å². The molecule has 30 heavy (non-hydrogen) atoms. The van der Waals surface area contributed by atoms with Gasteiger partial charge >= 0.3 is 6.01 Å². The fourth-order valence-corrected chi connectivity index (χ4v) is 4.22. The highest BCUT2D eigenvalue weighted by atomic mass is 32.1. The largest absolute Gasteiger partial charge is 0.460 e. The van der Waals surface area contributed by atoms with E-state index in [1.165, 1.54) is 36.2 Å². The molecule has 0 radical (unpaired) electrons. The summed E-state index contributed by atoms with van der Waals surface area (Å²) < 4.78 is 6.00. The maximum Gasteiger partial charge on any atom is 0.317 e. The number of thiazole rings is 1. The van der Waals surface area contributed by atoms with E-state index in [1.54, 1.807) is 6.20 Å². The van der Waals surface area contributed by atoms with Crippen molar-refractivity contribution in [2.24, 2.45) is 0 Å². The topological polar surface area (TPSA) is 76.1 Å². The molecule has 0 amide bonds. The summed E-state index contributed by atoms with van der Waals surface area (Å²) in [5.41, 5.74) is 2.05. The van der Waals surface area contributed by atoms with Crippen LogP contribution < -0.4 is 10.1 Å². The molecule has 0 atom stereocenters. The van der Waals surface area contributed by atoms with Crippen LogP contribution >= 0.6 is 11.3 Å². The van der Waals surface area contributed by atoms with Gasteiger partial charge in [0.2, 0.25) is 0 Å². The summed E-state index contributed by atoms with van der Waals surface area (Å²) >= 11 is 1.54. The van der Waals surface area contributed by atoms with E-state index in [2.05, 4.69) is 50.3 Å². The second kappa shape index (κ2) is 9.95. The number of rotatable bonds is 8. The minimum absolute atomic E-state index is 0.236. The number of nitrogens with one attached hydrogen (secondary N) is 1. The molecule has 1 aliphatic rings. The maximum absolute atomic E-state index is 6.00. The first-order chi connectivity index (χ1) is 14.7. The van der Waals surface area contributed by atoms with Crippen LogP contribution in [0.1, 0.15) is 37.7 Å². The lowest BCUT2D eigenvalue weighted by Gasteiger charge is -2.21. The van der Waals surface area contributed by atoms with Gasteiger partial charge in [0.15, 0.2) is 5.13 Å². The second-order valence-corrected chi connectivity index (χ2v) is 8.89. The third-order valence-corrected chi connectivity index (χ3v) is 6.06. The fourth-order valence-electron chi connectivity index (χ4n) is 3.43. The van der Waals surface area contributed by atoms with Gasteiger partial charge < -0.3 is 15.0 Å². The molecular weight excluding hydrogens is 396 g/mol. The molecule has 0 saturated heterocycles. The van der Waals surface area contributed by atoms with Crippen molar-refractivity contribution in [3.63, 3.8) is 0 Å². The average molecular weight is 425 g/mol. The monoisotopic (exact) mass is 424 g/mol. The highest BCUT2D eigenvalue weighted by Gasteiger charge is 2.17. The number of hydrogen-bond donors (Lipinski definition) is 1. The third kappa shape index (κ3) is 5.73. The molecule has 8 heteroatoms. The Morgan fingerprint density at radius 1 is 1.07 bits per heavy atom. The number of hydrogen-bond acceptors (Lipinski definition) is 8. The van der Waals surface area contributed by atoms with Crippen molar-refractivity contribution < 1.29 is 4.74 Å². The Bertz CT molecular complexity index is 937. The van der Waals surface area contributed by atoms with Gasteiger partial charge in [0.25, 0.3) is 0 Å². The predicted octanol–water partition coefficient (Wildman–Crippen LogP) is 4.55. The third-order valence-electron chi connectivity index (χ3n) is 5.12. The lowest BCUT2D eigenvalue weighted by atomic mass is 9.98. The molecule has 3 aromatic heterocycles. The Hall–Kier alpha value is -2.58. The highest BCUT2D eigenvalue weighted by molar-refractivity contribution is 7.18. The van der Waals surface area contributed by atoms with Gasteiger partial charge in [-0.3, -0.25) is 0 Å². The lowest BCUT2D eigenvalue weighted by molar-refractivity contribution is 0.142. The van der Waals surface area contributed by atoms with E-state index in [-0.39, 0.29) is 6.10 Å². The maximum atomic E-state index is 6.00. The molecule has 0 bridgehead atoms. The molecule has 3 heterocycles. The van der Waals surface area contributed by atoms with Gasteiger partial charge in [-0.1, -0.05) is 23.8 Å². The summed E-state index contributed by atoms with van der Waals surface area (Å²) in [6.45, 7) is 1.01. The van der Waals surface area contributed by atoms with Crippen LogP contribution in [0.15, 0.2) is 36.8 Å². The zero-order valence-electron chi connectivity index (χ0n) is 17.5. The molecule has 1 saturated carbocycles. The normalized spacial score (nSPS) is 14.8. The molecular formula is C22H28N6OS. The molecule has 1 aliphatic carbocycles. The highest BCUT2D eigenvalue weighted by Crippen LogP contribution is 2.30. The molecule has 0 aromatic carbocycles. The molecule has 7 nitrogen and oxygen atoms in total. The number of nitrogens with zero attached hydrogens (tertiary/aromatic N) is 5. The molecule has 1 N–H and O–H groups in total. The van der Waals surface area contributed by atoms with E-state index < -0.39 is 0 Å². The Morgan fingerprint density at radius 3 is 2.70 bits per heavy atom. The van der Waals surface area contributed by atoms with E-state index in [1.807, 2.05) is 24.5 Å². The number of anilines is 2. The van der Waals surface area contributed by atoms with Gasteiger partial charge in [0.1, 0.15) is 11.9 Å². The van der Waals surface area contributed by atoms with Crippen LogP contribution in [0.3, 0.4) is 0 Å². The van der Waals surface area contributed by atoms with Crippen molar-refractivity contribution in [2.75, 3.05) is 26.0 Å². The number of aromatic nitrogens is 4. The second-order valence-electron chi connectivity index (χ2n) is 7.86. The Kier molecular flexibility index (Phi) is 6.86. The smallest absolute Gasteiger partial charge is 0.317 e. The standard InChI is InChI=1S/C22H28N6OS/c1-28(2)13-11-16-8-9-20(24-14-16)27-22-25-15-19(30-22)18-10-12-23-21(26-18)29-17-6-4-3-5-7-17/h8-10,12,14-15,17H,3-7,11,13H2,1-2H3,(H,24,25,27). The van der Waals surface area contributed by atoms with E-state index in [0.29, 0.717) is 6.01 Å². The Labute approximate surface area is 181 Å². The number of likely N-dealkylation sites (N-methyl/N-ethyl adjacent to an activating group) is 1. The summed E-state index contributed by atoms with van der Waals surface area (Å²) in [6, 6.07) is 6.44. The van der Waals surface area contributed by atoms with Gasteiger partial charge in [-0.05, 0) is 63.9 Å². The van der Waals surface area contributed by atoms with Gasteiger partial charge in [0.05, 0.1) is 10.6 Å². The van der Waals surface area contributed by atoms with Crippen LogP contribution in [-0.2, 0) is 6.42 Å². The number of ether oxygens (including phenoxy) is 1. The van der Waals surface area contributed by atoms with E-state index in [0.717, 1.165) is 47.3 Å². The van der Waals surface area contributed by atoms with Crippen LogP contribution in [0.2, 0.25) is 0 Å². The van der Waals surface area contributed by atoms with Crippen LogP contribution in [0.25, 0.3) is 10.6 Å². The Balaban J connectivity index is 1.38. The van der Waals surface area contributed by atoms with Crippen LogP contribution in [-0.4, -0.2) is 51.6 Å². The van der Waals surface area contributed by atoms with Gasteiger partial charge in [0, 0.05) is 25.1 Å². The summed E-state index contributed by atoms with van der Waals surface area (Å²) in [6.07, 6.45) is 12.6. The summed E-state index contributed by atoms with van der Waals surface area (Å²) in [5, 5.41) is 4.06. The van der Waals surface area contributed by atoms with E-state index >= 15 is 0 Å². The van der Waals surface area contributed by atoms with Crippen molar-refractivity contribution in [1.82, 2.24) is 24.8 Å². The zero-order chi connectivity index (χ0) is 20.8. The summed E-state index contributed by atoms with van der Waals surface area (Å²) in [7, 11) is 4.15. The zero-order valence-corrected chi connectivity index (χ0v) is 18.4. The van der Waals surface area contributed by atoms with Crippen LogP contribution in [0.5, 0.6) is 6.01 Å². The molecule has 3 aromatic rings. The molecule has 0 aliphatic heterocycles. The van der Waals surface area contributed by atoms with Crippen molar-refractivity contribution in [2.45, 2.75) is 44.6 Å². The molecule has 4 rings (SSSR count). The van der Waals surface area contributed by atoms with Crippen LogP contribution in [0, 0.1) is 0 Å². The first-order valence-electron chi connectivity index (χ1n) is 10.5. The summed E-state index contributed by atoms with van der Waals surface area (Å²) in [5.74, 6) is 0.786. The molecule has 0 spiro atoms. The quantitative estimate of drug-likeness (QED) is 0.568. The van der Waals surface area contributed by atoms with Crippen molar-refractivity contribution in [3.05, 3.63) is 42.4 Å². The predicted molar refractivity (Wildman–Crippen MR) is 120 cm³/mol. The number of pyridine rings is 1. The Morgan fingerprint density at radius 2 is 1.93 bits per heavy atom. The fraction of sp³-hybridized carbons (Fsp3) is 0.455. The van der Waals surface area contributed by atoms with E-state index in [9.17, 15) is 0 Å². The first-order valence-corrected chi connectivity index (χ1v) is 11.3. The minimum atomic E-state index is 0.236. The SMILES string of the molecule is CN(C)CCc1ccc(Nc2ncc(-c3ccnc(OC4CCCCC4)n3)s2)nc1. The first kappa shape index (κ1) is 20.7.